The van der Waals surface area contributed by atoms with E-state index in [2.05, 4.69) is 20.3 Å². The minimum Gasteiger partial charge on any atom is -0.487 e. The van der Waals surface area contributed by atoms with Crippen molar-refractivity contribution in [2.75, 3.05) is 5.32 Å². The summed E-state index contributed by atoms with van der Waals surface area (Å²) in [5, 5.41) is 2.76. The van der Waals surface area contributed by atoms with Crippen LogP contribution >= 0.6 is 12.2 Å². The monoisotopic (exact) mass is 394 g/mol. The number of ether oxygens (including phenoxy) is 1. The Bertz CT molecular complexity index is 1200. The highest BCUT2D eigenvalue weighted by atomic mass is 32.1. The molecule has 0 spiro atoms. The van der Waals surface area contributed by atoms with E-state index in [1.807, 2.05) is 18.2 Å². The summed E-state index contributed by atoms with van der Waals surface area (Å²) < 4.78 is 19.9. The van der Waals surface area contributed by atoms with Crippen molar-refractivity contribution in [3.63, 3.8) is 0 Å². The molecule has 1 amide bonds. The molecule has 0 aliphatic heterocycles. The number of pyridine rings is 1. The van der Waals surface area contributed by atoms with Crippen LogP contribution in [0.1, 0.15) is 16.1 Å². The second-order valence-corrected chi connectivity index (χ2v) is 6.45. The minimum absolute atomic E-state index is 0.155. The molecule has 0 fully saturated rings. The summed E-state index contributed by atoms with van der Waals surface area (Å²) >= 11 is 5.03. The van der Waals surface area contributed by atoms with E-state index >= 15 is 0 Å². The van der Waals surface area contributed by atoms with Gasteiger partial charge in [0.15, 0.2) is 4.77 Å². The molecule has 0 saturated heterocycles. The third-order valence-corrected chi connectivity index (χ3v) is 4.24. The third-order valence-electron chi connectivity index (χ3n) is 4.04. The summed E-state index contributed by atoms with van der Waals surface area (Å²) in [6, 6.07) is 15.0. The lowest BCUT2D eigenvalue weighted by atomic mass is 10.1. The van der Waals surface area contributed by atoms with Crippen LogP contribution < -0.4 is 10.1 Å². The van der Waals surface area contributed by atoms with E-state index in [0.29, 0.717) is 33.8 Å². The summed E-state index contributed by atoms with van der Waals surface area (Å²) in [5.74, 6) is -0.416. The van der Waals surface area contributed by atoms with Crippen LogP contribution in [0.5, 0.6) is 5.75 Å². The van der Waals surface area contributed by atoms with Crippen LogP contribution in [0.2, 0.25) is 0 Å². The number of hydrogen-bond donors (Lipinski definition) is 3. The standard InChI is InChI=1S/C20H15FN4O2S/c21-12-8-16(18-17(9-12)24-20(28)25-18)19(26)23-13-5-3-6-15(10-13)27-11-14-4-1-2-7-22-14/h1-10H,11H2,(H,23,26)(H2,24,25,28). The smallest absolute Gasteiger partial charge is 0.257 e. The van der Waals surface area contributed by atoms with Gasteiger partial charge in [-0.2, -0.15) is 0 Å². The molecule has 8 heteroatoms. The van der Waals surface area contributed by atoms with Gasteiger partial charge in [-0.1, -0.05) is 12.1 Å². The lowest BCUT2D eigenvalue weighted by molar-refractivity contribution is 0.102. The normalized spacial score (nSPS) is 10.8. The first-order valence-electron chi connectivity index (χ1n) is 8.44. The number of hydrogen-bond acceptors (Lipinski definition) is 4. The highest BCUT2D eigenvalue weighted by Gasteiger charge is 2.14. The topological polar surface area (TPSA) is 82.8 Å². The van der Waals surface area contributed by atoms with E-state index in [-0.39, 0.29) is 5.56 Å². The molecule has 2 aromatic heterocycles. The summed E-state index contributed by atoms with van der Waals surface area (Å²) in [5.41, 5.74) is 2.35. The average Bonchev–Trinajstić information content (AvgIpc) is 3.06. The van der Waals surface area contributed by atoms with Crippen molar-refractivity contribution in [2.45, 2.75) is 6.61 Å². The molecule has 0 aliphatic rings. The second-order valence-electron chi connectivity index (χ2n) is 6.05. The molecular formula is C20H15FN4O2S. The van der Waals surface area contributed by atoms with Crippen LogP contribution in [-0.2, 0) is 6.61 Å². The van der Waals surface area contributed by atoms with Crippen molar-refractivity contribution in [3.05, 3.63) is 82.6 Å². The van der Waals surface area contributed by atoms with Gasteiger partial charge in [0.05, 0.1) is 22.3 Å². The van der Waals surface area contributed by atoms with E-state index in [4.69, 9.17) is 17.0 Å². The molecule has 28 heavy (non-hydrogen) atoms. The third kappa shape index (κ3) is 3.91. The molecule has 0 saturated carbocycles. The van der Waals surface area contributed by atoms with Crippen molar-refractivity contribution in [1.82, 2.24) is 15.0 Å². The van der Waals surface area contributed by atoms with Gasteiger partial charge in [-0.25, -0.2) is 4.39 Å². The van der Waals surface area contributed by atoms with E-state index < -0.39 is 11.7 Å². The van der Waals surface area contributed by atoms with Gasteiger partial charge in [-0.3, -0.25) is 9.78 Å². The van der Waals surface area contributed by atoms with Crippen molar-refractivity contribution >= 4 is 34.8 Å². The zero-order valence-electron chi connectivity index (χ0n) is 14.5. The molecular weight excluding hydrogens is 379 g/mol. The average molecular weight is 394 g/mol. The van der Waals surface area contributed by atoms with E-state index in [1.54, 1.807) is 30.5 Å². The zero-order valence-corrected chi connectivity index (χ0v) is 15.3. The highest BCUT2D eigenvalue weighted by molar-refractivity contribution is 7.71. The number of benzene rings is 2. The Morgan fingerprint density at radius 3 is 2.86 bits per heavy atom. The SMILES string of the molecule is O=C(Nc1cccc(OCc2ccccn2)c1)c1cc(F)cc2[nH]c(=S)[nH]c12. The number of aromatic amines is 2. The number of anilines is 1. The van der Waals surface area contributed by atoms with Crippen LogP contribution in [0.15, 0.2) is 60.8 Å². The van der Waals surface area contributed by atoms with Gasteiger partial charge in [0.25, 0.3) is 5.91 Å². The van der Waals surface area contributed by atoms with Gasteiger partial charge in [-0.05, 0) is 48.6 Å². The molecule has 6 nitrogen and oxygen atoms in total. The number of nitrogens with one attached hydrogen (secondary N) is 3. The number of aromatic nitrogens is 3. The summed E-state index contributed by atoms with van der Waals surface area (Å²) in [6.07, 6.45) is 1.70. The molecule has 0 radical (unpaired) electrons. The number of nitrogens with zero attached hydrogens (tertiary/aromatic N) is 1. The van der Waals surface area contributed by atoms with Crippen LogP contribution in [-0.4, -0.2) is 20.9 Å². The molecule has 0 atom stereocenters. The second kappa shape index (κ2) is 7.61. The number of carbonyl (C=O) groups is 1. The fourth-order valence-corrected chi connectivity index (χ4v) is 3.00. The molecule has 0 bridgehead atoms. The number of halogens is 1. The van der Waals surface area contributed by atoms with E-state index in [9.17, 15) is 9.18 Å². The summed E-state index contributed by atoms with van der Waals surface area (Å²) in [4.78, 5) is 22.6. The van der Waals surface area contributed by atoms with E-state index in [0.717, 1.165) is 11.8 Å². The van der Waals surface area contributed by atoms with Crippen LogP contribution in [0, 0.1) is 10.6 Å². The number of carbonyl (C=O) groups excluding carboxylic acids is 1. The number of fused-ring (bicyclic) bond motifs is 1. The van der Waals surface area contributed by atoms with Gasteiger partial charge in [-0.15, -0.1) is 0 Å². The predicted octanol–water partition coefficient (Wildman–Crippen LogP) is 4.59. The largest absolute Gasteiger partial charge is 0.487 e. The molecule has 140 valence electrons. The molecule has 2 aromatic carbocycles. The Morgan fingerprint density at radius 2 is 2.04 bits per heavy atom. The Labute approximate surface area is 164 Å². The first-order chi connectivity index (χ1) is 13.6. The predicted molar refractivity (Wildman–Crippen MR) is 106 cm³/mol. The fourth-order valence-electron chi connectivity index (χ4n) is 2.79. The van der Waals surface area contributed by atoms with Crippen molar-refractivity contribution in [1.29, 1.82) is 0 Å². The van der Waals surface area contributed by atoms with E-state index in [1.165, 1.54) is 6.07 Å². The molecule has 4 rings (SSSR count). The van der Waals surface area contributed by atoms with Gasteiger partial charge in [0.2, 0.25) is 0 Å². The molecule has 2 heterocycles. The number of imidazole rings is 1. The zero-order chi connectivity index (χ0) is 19.5. The molecule has 3 N–H and O–H groups in total. The number of rotatable bonds is 5. The maximum Gasteiger partial charge on any atom is 0.257 e. The van der Waals surface area contributed by atoms with Crippen molar-refractivity contribution in [2.24, 2.45) is 0 Å². The number of amides is 1. The lowest BCUT2D eigenvalue weighted by Gasteiger charge is -2.10. The summed E-state index contributed by atoms with van der Waals surface area (Å²) in [6.45, 7) is 0.308. The molecule has 4 aromatic rings. The van der Waals surface area contributed by atoms with Gasteiger partial charge in [0, 0.05) is 18.0 Å². The van der Waals surface area contributed by atoms with Crippen LogP contribution in [0.25, 0.3) is 11.0 Å². The fraction of sp³-hybridized carbons (Fsp3) is 0.0500. The van der Waals surface area contributed by atoms with Gasteiger partial charge >= 0.3 is 0 Å². The Hall–Kier alpha value is -3.52. The maximum absolute atomic E-state index is 13.9. The van der Waals surface area contributed by atoms with Crippen LogP contribution in [0.3, 0.4) is 0 Å². The van der Waals surface area contributed by atoms with Crippen molar-refractivity contribution < 1.29 is 13.9 Å². The van der Waals surface area contributed by atoms with Crippen molar-refractivity contribution in [3.8, 4) is 5.75 Å². The lowest BCUT2D eigenvalue weighted by Crippen LogP contribution is -2.13. The quantitative estimate of drug-likeness (QED) is 0.432. The maximum atomic E-state index is 13.9. The van der Waals surface area contributed by atoms with Gasteiger partial charge in [0.1, 0.15) is 18.2 Å². The highest BCUT2D eigenvalue weighted by Crippen LogP contribution is 2.22. The minimum atomic E-state index is -0.532. The van der Waals surface area contributed by atoms with Gasteiger partial charge < -0.3 is 20.0 Å². The Morgan fingerprint density at radius 1 is 1.14 bits per heavy atom. The first-order valence-corrected chi connectivity index (χ1v) is 8.85. The van der Waals surface area contributed by atoms with Crippen LogP contribution in [0.4, 0.5) is 10.1 Å². The number of H-pyrrole nitrogens is 2. The Balaban J connectivity index is 1.53. The summed E-state index contributed by atoms with van der Waals surface area (Å²) in [7, 11) is 0. The first kappa shape index (κ1) is 17.9. The molecule has 0 unspecified atom stereocenters. The Kier molecular flexibility index (Phi) is 4.86. The molecule has 0 aliphatic carbocycles.